The van der Waals surface area contributed by atoms with Crippen LogP contribution in [0.15, 0.2) is 18.2 Å². The molecular weight excluding hydrogens is 239 g/mol. The van der Waals surface area contributed by atoms with Gasteiger partial charge in [0.1, 0.15) is 5.82 Å². The number of aromatic nitrogens is 1. The maximum atomic E-state index is 13.8. The molecule has 0 aliphatic carbocycles. The Morgan fingerprint density at radius 1 is 1.41 bits per heavy atom. The van der Waals surface area contributed by atoms with Crippen molar-refractivity contribution in [2.24, 2.45) is 0 Å². The predicted molar refractivity (Wildman–Crippen MR) is 70.3 cm³/mol. The fraction of sp³-hybridized carbons (Fsp3) is 0.308. The number of nitrogens with one attached hydrogen (secondary N) is 1. The Bertz CT molecular complexity index is 555. The van der Waals surface area contributed by atoms with E-state index in [1.54, 1.807) is 13.1 Å². The summed E-state index contributed by atoms with van der Waals surface area (Å²) in [5.41, 5.74) is 2.19. The number of pyridine rings is 1. The maximum absolute atomic E-state index is 13.8. The third kappa shape index (κ3) is 2.20. The molecule has 17 heavy (non-hydrogen) atoms. The van der Waals surface area contributed by atoms with Crippen LogP contribution in [0.25, 0.3) is 10.9 Å². The average molecular weight is 253 g/mol. The molecule has 0 aliphatic rings. The molecule has 0 atom stereocenters. The summed E-state index contributed by atoms with van der Waals surface area (Å²) in [5, 5.41) is 3.94. The molecule has 0 spiro atoms. The van der Waals surface area contributed by atoms with E-state index >= 15 is 0 Å². The standard InChI is InChI=1S/C13H14ClFN2/c1-3-4-8-7-11(16-2)12-10(15)6-5-9(14)13(12)17-8/h5-7H,3-4H2,1-2H3,(H,16,17). The zero-order chi connectivity index (χ0) is 12.4. The largest absolute Gasteiger partial charge is 0.387 e. The van der Waals surface area contributed by atoms with E-state index in [0.717, 1.165) is 24.2 Å². The van der Waals surface area contributed by atoms with E-state index in [2.05, 4.69) is 17.2 Å². The third-order valence-corrected chi connectivity index (χ3v) is 2.99. The lowest BCUT2D eigenvalue weighted by Gasteiger charge is -2.10. The van der Waals surface area contributed by atoms with Gasteiger partial charge in [-0.05, 0) is 24.6 Å². The number of halogens is 2. The first-order chi connectivity index (χ1) is 8.17. The highest BCUT2D eigenvalue weighted by Crippen LogP contribution is 2.30. The van der Waals surface area contributed by atoms with Crippen LogP contribution >= 0.6 is 11.6 Å². The van der Waals surface area contributed by atoms with Crippen molar-refractivity contribution in [2.45, 2.75) is 19.8 Å². The van der Waals surface area contributed by atoms with E-state index in [-0.39, 0.29) is 5.82 Å². The predicted octanol–water partition coefficient (Wildman–Crippen LogP) is 4.02. The number of benzene rings is 1. The van der Waals surface area contributed by atoms with Crippen LogP contribution in [0.1, 0.15) is 19.0 Å². The minimum absolute atomic E-state index is 0.302. The van der Waals surface area contributed by atoms with Gasteiger partial charge in [-0.3, -0.25) is 4.98 Å². The van der Waals surface area contributed by atoms with Gasteiger partial charge in [-0.25, -0.2) is 4.39 Å². The van der Waals surface area contributed by atoms with Crippen molar-refractivity contribution in [3.05, 3.63) is 34.7 Å². The second kappa shape index (κ2) is 4.88. The van der Waals surface area contributed by atoms with Gasteiger partial charge in [-0.1, -0.05) is 24.9 Å². The number of fused-ring (bicyclic) bond motifs is 1. The first-order valence-corrected chi connectivity index (χ1v) is 6.00. The number of hydrogen-bond acceptors (Lipinski definition) is 2. The normalized spacial score (nSPS) is 10.8. The Kier molecular flexibility index (Phi) is 3.48. The average Bonchev–Trinajstić information content (AvgIpc) is 2.33. The molecule has 2 aromatic rings. The van der Waals surface area contributed by atoms with E-state index in [1.165, 1.54) is 6.07 Å². The van der Waals surface area contributed by atoms with Gasteiger partial charge < -0.3 is 5.32 Å². The van der Waals surface area contributed by atoms with Crippen LogP contribution in [0.4, 0.5) is 10.1 Å². The number of nitrogens with zero attached hydrogens (tertiary/aromatic N) is 1. The molecule has 0 saturated heterocycles. The maximum Gasteiger partial charge on any atom is 0.134 e. The Labute approximate surface area is 105 Å². The smallest absolute Gasteiger partial charge is 0.134 e. The lowest BCUT2D eigenvalue weighted by Crippen LogP contribution is -1.98. The number of anilines is 1. The SMILES string of the molecule is CCCc1cc(NC)c2c(F)ccc(Cl)c2n1. The minimum atomic E-state index is -0.302. The van der Waals surface area contributed by atoms with Gasteiger partial charge >= 0.3 is 0 Å². The molecule has 0 amide bonds. The van der Waals surface area contributed by atoms with Crippen molar-refractivity contribution in [1.29, 1.82) is 0 Å². The van der Waals surface area contributed by atoms with Crippen LogP contribution in [-0.2, 0) is 6.42 Å². The van der Waals surface area contributed by atoms with E-state index in [9.17, 15) is 4.39 Å². The van der Waals surface area contributed by atoms with E-state index in [0.29, 0.717) is 15.9 Å². The summed E-state index contributed by atoms with van der Waals surface area (Å²) in [6.07, 6.45) is 1.85. The van der Waals surface area contributed by atoms with Crippen LogP contribution in [0.3, 0.4) is 0 Å². The van der Waals surface area contributed by atoms with Crippen LogP contribution in [0.5, 0.6) is 0 Å². The second-order valence-corrected chi connectivity index (χ2v) is 4.32. The zero-order valence-corrected chi connectivity index (χ0v) is 10.6. The van der Waals surface area contributed by atoms with E-state index in [4.69, 9.17) is 11.6 Å². The third-order valence-electron chi connectivity index (χ3n) is 2.69. The summed E-state index contributed by atoms with van der Waals surface area (Å²) in [7, 11) is 1.77. The number of hydrogen-bond donors (Lipinski definition) is 1. The summed E-state index contributed by atoms with van der Waals surface area (Å²) in [6.45, 7) is 2.08. The fourth-order valence-corrected chi connectivity index (χ4v) is 2.10. The Morgan fingerprint density at radius 3 is 2.82 bits per heavy atom. The topological polar surface area (TPSA) is 24.9 Å². The van der Waals surface area contributed by atoms with Crippen LogP contribution in [0.2, 0.25) is 5.02 Å². The van der Waals surface area contributed by atoms with Crippen molar-refractivity contribution >= 4 is 28.2 Å². The quantitative estimate of drug-likeness (QED) is 0.892. The van der Waals surface area contributed by atoms with Crippen molar-refractivity contribution in [2.75, 3.05) is 12.4 Å². The number of aryl methyl sites for hydroxylation is 1. The first kappa shape index (κ1) is 12.1. The summed E-state index contributed by atoms with van der Waals surface area (Å²) < 4.78 is 13.8. The molecule has 0 radical (unpaired) electrons. The molecule has 0 unspecified atom stereocenters. The van der Waals surface area contributed by atoms with Crippen molar-refractivity contribution in [1.82, 2.24) is 4.98 Å². The van der Waals surface area contributed by atoms with Gasteiger partial charge in [0, 0.05) is 18.4 Å². The van der Waals surface area contributed by atoms with Crippen LogP contribution in [0, 0.1) is 5.82 Å². The van der Waals surface area contributed by atoms with Gasteiger partial charge in [-0.15, -0.1) is 0 Å². The summed E-state index contributed by atoms with van der Waals surface area (Å²) in [6, 6.07) is 4.79. The fourth-order valence-electron chi connectivity index (χ4n) is 1.90. The minimum Gasteiger partial charge on any atom is -0.387 e. The second-order valence-electron chi connectivity index (χ2n) is 3.91. The molecule has 4 heteroatoms. The van der Waals surface area contributed by atoms with Gasteiger partial charge in [0.2, 0.25) is 0 Å². The summed E-state index contributed by atoms with van der Waals surface area (Å²) in [5.74, 6) is -0.302. The van der Waals surface area contributed by atoms with Gasteiger partial charge in [0.05, 0.1) is 15.9 Å². The first-order valence-electron chi connectivity index (χ1n) is 5.62. The van der Waals surface area contributed by atoms with Gasteiger partial charge in [0.25, 0.3) is 0 Å². The molecule has 1 N–H and O–H groups in total. The highest BCUT2D eigenvalue weighted by atomic mass is 35.5. The van der Waals surface area contributed by atoms with E-state index in [1.807, 2.05) is 6.07 Å². The lowest BCUT2D eigenvalue weighted by atomic mass is 10.1. The molecule has 0 bridgehead atoms. The zero-order valence-electron chi connectivity index (χ0n) is 9.85. The number of rotatable bonds is 3. The van der Waals surface area contributed by atoms with Gasteiger partial charge in [0.15, 0.2) is 0 Å². The van der Waals surface area contributed by atoms with Crippen LogP contribution < -0.4 is 5.32 Å². The molecule has 2 nitrogen and oxygen atoms in total. The Balaban J connectivity index is 2.77. The summed E-state index contributed by atoms with van der Waals surface area (Å²) in [4.78, 5) is 4.42. The van der Waals surface area contributed by atoms with Crippen LogP contribution in [-0.4, -0.2) is 12.0 Å². The monoisotopic (exact) mass is 252 g/mol. The Hall–Kier alpha value is -1.35. The molecule has 0 fully saturated rings. The molecule has 1 aromatic heterocycles. The molecule has 1 aromatic carbocycles. The van der Waals surface area contributed by atoms with Crippen molar-refractivity contribution in [3.8, 4) is 0 Å². The molecule has 1 heterocycles. The molecule has 0 saturated carbocycles. The van der Waals surface area contributed by atoms with Gasteiger partial charge in [-0.2, -0.15) is 0 Å². The van der Waals surface area contributed by atoms with Crippen molar-refractivity contribution in [3.63, 3.8) is 0 Å². The molecule has 0 aliphatic heterocycles. The lowest BCUT2D eigenvalue weighted by molar-refractivity contribution is 0.639. The molecular formula is C13H14ClFN2. The van der Waals surface area contributed by atoms with Crippen molar-refractivity contribution < 1.29 is 4.39 Å². The molecule has 90 valence electrons. The summed E-state index contributed by atoms with van der Waals surface area (Å²) >= 11 is 6.07. The van der Waals surface area contributed by atoms with E-state index < -0.39 is 0 Å². The Morgan fingerprint density at radius 2 is 2.18 bits per heavy atom. The highest BCUT2D eigenvalue weighted by Gasteiger charge is 2.12. The highest BCUT2D eigenvalue weighted by molar-refractivity contribution is 6.35. The molecule has 2 rings (SSSR count).